The van der Waals surface area contributed by atoms with Crippen LogP contribution in [-0.4, -0.2) is 86.7 Å². The molecule has 0 radical (unpaired) electrons. The summed E-state index contributed by atoms with van der Waals surface area (Å²) in [7, 11) is 1.80. The van der Waals surface area contributed by atoms with Crippen molar-refractivity contribution in [3.63, 3.8) is 0 Å². The molecule has 1 saturated carbocycles. The predicted molar refractivity (Wildman–Crippen MR) is 119 cm³/mol. The van der Waals surface area contributed by atoms with Crippen molar-refractivity contribution in [3.8, 4) is 0 Å². The van der Waals surface area contributed by atoms with Crippen molar-refractivity contribution in [1.29, 1.82) is 0 Å². The zero-order valence-corrected chi connectivity index (χ0v) is 19.2. The number of aliphatic imine (C=N–C) groups is 1. The van der Waals surface area contributed by atoms with Crippen molar-refractivity contribution < 1.29 is 9.53 Å². The number of guanidine groups is 1. The largest absolute Gasteiger partial charge is 0.373 e. The van der Waals surface area contributed by atoms with Gasteiger partial charge in [0.25, 0.3) is 0 Å². The SMILES string of the molecule is CN=C(NCCN1CCN(C(=O)C2CCC2)CC1)NCC1(C)CCCO1.I. The van der Waals surface area contributed by atoms with Crippen LogP contribution in [0, 0.1) is 5.92 Å². The summed E-state index contributed by atoms with van der Waals surface area (Å²) < 4.78 is 5.81. The number of nitrogens with zero attached hydrogens (tertiary/aromatic N) is 3. The molecule has 7 nitrogen and oxygen atoms in total. The van der Waals surface area contributed by atoms with E-state index in [4.69, 9.17) is 4.74 Å². The highest BCUT2D eigenvalue weighted by atomic mass is 127. The number of rotatable bonds is 6. The molecule has 0 bridgehead atoms. The molecular formula is C19H36IN5O2. The Hall–Kier alpha value is -0.610. The van der Waals surface area contributed by atoms with E-state index in [2.05, 4.69) is 32.3 Å². The summed E-state index contributed by atoms with van der Waals surface area (Å²) in [4.78, 5) is 21.1. The quantitative estimate of drug-likeness (QED) is 0.332. The highest BCUT2D eigenvalue weighted by molar-refractivity contribution is 14.0. The predicted octanol–water partition coefficient (Wildman–Crippen LogP) is 1.28. The fraction of sp³-hybridized carbons (Fsp3) is 0.895. The van der Waals surface area contributed by atoms with Crippen LogP contribution in [0.15, 0.2) is 4.99 Å². The zero-order valence-electron chi connectivity index (χ0n) is 16.8. The van der Waals surface area contributed by atoms with Gasteiger partial charge in [0.2, 0.25) is 5.91 Å². The third-order valence-corrected chi connectivity index (χ3v) is 6.01. The summed E-state index contributed by atoms with van der Waals surface area (Å²) in [6, 6.07) is 0. The number of carbonyl (C=O) groups is 1. The van der Waals surface area contributed by atoms with Gasteiger partial charge in [-0.2, -0.15) is 0 Å². The Kier molecular flexibility index (Phi) is 9.07. The lowest BCUT2D eigenvalue weighted by molar-refractivity contribution is -0.139. The van der Waals surface area contributed by atoms with E-state index in [-0.39, 0.29) is 29.6 Å². The molecule has 0 aromatic heterocycles. The standard InChI is InChI=1S/C19H35N5O2.HI/c1-19(7-4-14-26-19)15-22-18(20-2)21-8-9-23-10-12-24(13-11-23)17(25)16-5-3-6-16;/h16H,3-15H2,1-2H3,(H2,20,21,22);1H. The lowest BCUT2D eigenvalue weighted by Gasteiger charge is -2.38. The summed E-state index contributed by atoms with van der Waals surface area (Å²) in [6.45, 7) is 9.32. The third kappa shape index (κ3) is 6.45. The van der Waals surface area contributed by atoms with Crippen LogP contribution in [0.5, 0.6) is 0 Å². The van der Waals surface area contributed by atoms with E-state index in [0.717, 1.165) is 84.1 Å². The molecule has 3 aliphatic rings. The van der Waals surface area contributed by atoms with Crippen molar-refractivity contribution in [2.75, 3.05) is 59.5 Å². The molecule has 2 aliphatic heterocycles. The van der Waals surface area contributed by atoms with Crippen molar-refractivity contribution in [2.24, 2.45) is 10.9 Å². The van der Waals surface area contributed by atoms with Crippen molar-refractivity contribution >= 4 is 35.8 Å². The molecule has 2 N–H and O–H groups in total. The fourth-order valence-electron chi connectivity index (χ4n) is 3.91. The molecule has 8 heteroatoms. The summed E-state index contributed by atoms with van der Waals surface area (Å²) >= 11 is 0. The highest BCUT2D eigenvalue weighted by Gasteiger charge is 2.31. The number of piperazine rings is 1. The van der Waals surface area contributed by atoms with Gasteiger partial charge in [0.15, 0.2) is 5.96 Å². The van der Waals surface area contributed by atoms with E-state index in [0.29, 0.717) is 11.8 Å². The Morgan fingerprint density at radius 3 is 2.48 bits per heavy atom. The summed E-state index contributed by atoms with van der Waals surface area (Å²) in [6.07, 6.45) is 5.65. The molecule has 27 heavy (non-hydrogen) atoms. The molecule has 3 fully saturated rings. The molecule has 0 aromatic rings. The first-order chi connectivity index (χ1) is 12.6. The van der Waals surface area contributed by atoms with Crippen LogP contribution in [0.2, 0.25) is 0 Å². The fourth-order valence-corrected chi connectivity index (χ4v) is 3.91. The molecule has 3 rings (SSSR count). The number of nitrogens with one attached hydrogen (secondary N) is 2. The number of carbonyl (C=O) groups excluding carboxylic acids is 1. The Balaban J connectivity index is 0.00000261. The lowest BCUT2D eigenvalue weighted by Crippen LogP contribution is -2.53. The first kappa shape index (κ1) is 22.7. The van der Waals surface area contributed by atoms with Gasteiger partial charge in [0.05, 0.1) is 5.60 Å². The maximum Gasteiger partial charge on any atom is 0.225 e. The van der Waals surface area contributed by atoms with E-state index >= 15 is 0 Å². The van der Waals surface area contributed by atoms with Gasteiger partial charge in [-0.05, 0) is 32.6 Å². The second-order valence-corrected chi connectivity index (χ2v) is 8.05. The number of halogens is 1. The average molecular weight is 493 g/mol. The minimum Gasteiger partial charge on any atom is -0.373 e. The molecule has 1 atom stereocenters. The number of ether oxygens (including phenoxy) is 1. The van der Waals surface area contributed by atoms with Crippen LogP contribution < -0.4 is 10.6 Å². The van der Waals surface area contributed by atoms with Gasteiger partial charge in [0.1, 0.15) is 0 Å². The van der Waals surface area contributed by atoms with Gasteiger partial charge in [-0.3, -0.25) is 14.7 Å². The molecule has 2 heterocycles. The van der Waals surface area contributed by atoms with E-state index in [9.17, 15) is 4.79 Å². The maximum atomic E-state index is 12.3. The van der Waals surface area contributed by atoms with Crippen LogP contribution in [0.25, 0.3) is 0 Å². The molecule has 0 aromatic carbocycles. The smallest absolute Gasteiger partial charge is 0.225 e. The Morgan fingerprint density at radius 1 is 1.19 bits per heavy atom. The van der Waals surface area contributed by atoms with Crippen LogP contribution in [0.1, 0.15) is 39.0 Å². The second-order valence-electron chi connectivity index (χ2n) is 8.05. The van der Waals surface area contributed by atoms with Crippen molar-refractivity contribution in [2.45, 2.75) is 44.6 Å². The highest BCUT2D eigenvalue weighted by Crippen LogP contribution is 2.28. The molecular weight excluding hydrogens is 457 g/mol. The van der Waals surface area contributed by atoms with E-state index in [1.807, 2.05) is 0 Å². The van der Waals surface area contributed by atoms with Gasteiger partial charge in [-0.25, -0.2) is 0 Å². The summed E-state index contributed by atoms with van der Waals surface area (Å²) in [5.74, 6) is 1.55. The monoisotopic (exact) mass is 493 g/mol. The van der Waals surface area contributed by atoms with Crippen LogP contribution >= 0.6 is 24.0 Å². The van der Waals surface area contributed by atoms with Crippen molar-refractivity contribution in [1.82, 2.24) is 20.4 Å². The van der Waals surface area contributed by atoms with Crippen molar-refractivity contribution in [3.05, 3.63) is 0 Å². The number of hydrogen-bond acceptors (Lipinski definition) is 4. The minimum absolute atomic E-state index is 0. The summed E-state index contributed by atoms with van der Waals surface area (Å²) in [5, 5.41) is 6.77. The van der Waals surface area contributed by atoms with E-state index in [1.165, 1.54) is 6.42 Å². The first-order valence-electron chi connectivity index (χ1n) is 10.2. The third-order valence-electron chi connectivity index (χ3n) is 6.01. The lowest BCUT2D eigenvalue weighted by atomic mass is 9.84. The molecule has 1 unspecified atom stereocenters. The first-order valence-corrected chi connectivity index (χ1v) is 10.2. The van der Waals surface area contributed by atoms with Gasteiger partial charge >= 0.3 is 0 Å². The van der Waals surface area contributed by atoms with Crippen LogP contribution in [0.3, 0.4) is 0 Å². The Bertz CT molecular complexity index is 498. The number of amides is 1. The maximum absolute atomic E-state index is 12.3. The second kappa shape index (κ2) is 10.8. The van der Waals surface area contributed by atoms with Gasteiger partial charge in [0, 0.05) is 65.4 Å². The van der Waals surface area contributed by atoms with Gasteiger partial charge in [-0.15, -0.1) is 24.0 Å². The Labute approximate surface area is 180 Å². The van der Waals surface area contributed by atoms with Crippen LogP contribution in [-0.2, 0) is 9.53 Å². The van der Waals surface area contributed by atoms with Crippen LogP contribution in [0.4, 0.5) is 0 Å². The molecule has 2 saturated heterocycles. The summed E-state index contributed by atoms with van der Waals surface area (Å²) in [5.41, 5.74) is -0.0685. The van der Waals surface area contributed by atoms with Gasteiger partial charge in [-0.1, -0.05) is 6.42 Å². The average Bonchev–Trinajstić information content (AvgIpc) is 3.04. The molecule has 156 valence electrons. The van der Waals surface area contributed by atoms with E-state index < -0.39 is 0 Å². The Morgan fingerprint density at radius 2 is 1.93 bits per heavy atom. The molecule has 0 spiro atoms. The van der Waals surface area contributed by atoms with E-state index in [1.54, 1.807) is 7.05 Å². The zero-order chi connectivity index (χ0) is 18.4. The van der Waals surface area contributed by atoms with Gasteiger partial charge < -0.3 is 20.3 Å². The topological polar surface area (TPSA) is 69.2 Å². The molecule has 1 amide bonds. The molecule has 1 aliphatic carbocycles. The normalized spacial score (nSPS) is 27.0. The minimum atomic E-state index is -0.0685. The number of hydrogen-bond donors (Lipinski definition) is 2.